The van der Waals surface area contributed by atoms with E-state index in [1.807, 2.05) is 30.3 Å². The first-order valence-corrected chi connectivity index (χ1v) is 5.22. The minimum absolute atomic E-state index is 0.226. The maximum Gasteiger partial charge on any atom is 0.309 e. The van der Waals surface area contributed by atoms with Crippen LogP contribution < -0.4 is 0 Å². The van der Waals surface area contributed by atoms with Crippen LogP contribution in [0, 0.1) is 5.41 Å². The fraction of sp³-hybridized carbons (Fsp3) is 0.385. The Labute approximate surface area is 95.1 Å². The quantitative estimate of drug-likeness (QED) is 0.775. The normalized spacial score (nSPS) is 13.1. The number of carbonyl (C=O) groups is 2. The second-order valence-electron chi connectivity index (χ2n) is 4.39. The second kappa shape index (κ2) is 4.92. The molecule has 3 heteroatoms. The molecule has 0 bridgehead atoms. The standard InChI is InChI=1S/C13H16O3/c1-13(2,12(15)16)11(8-9-14)10-6-4-3-5-7-10/h3-7,9,11H,8H2,1-2H3,(H,15,16). The molecule has 86 valence electrons. The minimum atomic E-state index is -0.942. The van der Waals surface area contributed by atoms with Gasteiger partial charge in [0.05, 0.1) is 5.41 Å². The van der Waals surface area contributed by atoms with Crippen molar-refractivity contribution in [3.8, 4) is 0 Å². The number of carboxylic acid groups (broad SMARTS) is 1. The Kier molecular flexibility index (Phi) is 3.82. The second-order valence-corrected chi connectivity index (χ2v) is 4.39. The molecule has 0 aliphatic carbocycles. The van der Waals surface area contributed by atoms with Crippen LogP contribution in [-0.4, -0.2) is 17.4 Å². The third kappa shape index (κ3) is 2.48. The molecule has 0 aromatic heterocycles. The van der Waals surface area contributed by atoms with Crippen LogP contribution >= 0.6 is 0 Å². The first-order valence-electron chi connectivity index (χ1n) is 5.22. The van der Waals surface area contributed by atoms with Crippen LogP contribution in [0.2, 0.25) is 0 Å². The van der Waals surface area contributed by atoms with E-state index in [-0.39, 0.29) is 12.3 Å². The molecule has 1 rings (SSSR count). The van der Waals surface area contributed by atoms with Crippen molar-refractivity contribution in [2.45, 2.75) is 26.2 Å². The average molecular weight is 220 g/mol. The van der Waals surface area contributed by atoms with Crippen molar-refractivity contribution < 1.29 is 14.7 Å². The maximum absolute atomic E-state index is 11.2. The van der Waals surface area contributed by atoms with Gasteiger partial charge in [-0.15, -0.1) is 0 Å². The van der Waals surface area contributed by atoms with Crippen LogP contribution in [0.4, 0.5) is 0 Å². The van der Waals surface area contributed by atoms with E-state index in [9.17, 15) is 14.7 Å². The molecule has 0 radical (unpaired) electrons. The van der Waals surface area contributed by atoms with E-state index >= 15 is 0 Å². The van der Waals surface area contributed by atoms with Gasteiger partial charge in [-0.2, -0.15) is 0 Å². The zero-order chi connectivity index (χ0) is 12.2. The van der Waals surface area contributed by atoms with E-state index in [4.69, 9.17) is 0 Å². The molecule has 1 N–H and O–H groups in total. The highest BCUT2D eigenvalue weighted by atomic mass is 16.4. The molecular formula is C13H16O3. The molecule has 1 unspecified atom stereocenters. The lowest BCUT2D eigenvalue weighted by Gasteiger charge is -2.29. The van der Waals surface area contributed by atoms with Crippen molar-refractivity contribution in [3.05, 3.63) is 35.9 Å². The van der Waals surface area contributed by atoms with E-state index in [0.717, 1.165) is 11.8 Å². The summed E-state index contributed by atoms with van der Waals surface area (Å²) in [5.41, 5.74) is -0.0515. The molecule has 0 saturated carbocycles. The number of carboxylic acids is 1. The minimum Gasteiger partial charge on any atom is -0.481 e. The number of aldehydes is 1. The molecule has 0 saturated heterocycles. The molecule has 0 amide bonds. The van der Waals surface area contributed by atoms with E-state index in [0.29, 0.717) is 0 Å². The van der Waals surface area contributed by atoms with Gasteiger partial charge < -0.3 is 9.90 Å². The van der Waals surface area contributed by atoms with Crippen molar-refractivity contribution in [2.75, 3.05) is 0 Å². The Morgan fingerprint density at radius 3 is 2.38 bits per heavy atom. The van der Waals surface area contributed by atoms with E-state index in [1.165, 1.54) is 0 Å². The number of carbonyl (C=O) groups excluding carboxylic acids is 1. The van der Waals surface area contributed by atoms with Gasteiger partial charge in [0.25, 0.3) is 0 Å². The molecule has 1 aromatic rings. The van der Waals surface area contributed by atoms with E-state index < -0.39 is 11.4 Å². The third-order valence-electron chi connectivity index (χ3n) is 2.96. The van der Waals surface area contributed by atoms with Gasteiger partial charge in [-0.1, -0.05) is 30.3 Å². The molecular weight excluding hydrogens is 204 g/mol. The van der Waals surface area contributed by atoms with Crippen LogP contribution in [0.5, 0.6) is 0 Å². The summed E-state index contributed by atoms with van der Waals surface area (Å²) < 4.78 is 0. The molecule has 1 atom stereocenters. The molecule has 0 spiro atoms. The summed E-state index contributed by atoms with van der Waals surface area (Å²) in [7, 11) is 0. The fourth-order valence-electron chi connectivity index (χ4n) is 1.78. The molecule has 0 aliphatic heterocycles. The number of hydrogen-bond acceptors (Lipinski definition) is 2. The Bertz CT molecular complexity index is 368. The summed E-state index contributed by atoms with van der Waals surface area (Å²) in [5, 5.41) is 9.18. The van der Waals surface area contributed by atoms with Crippen molar-refractivity contribution in [1.29, 1.82) is 0 Å². The van der Waals surface area contributed by atoms with Gasteiger partial charge in [-0.05, 0) is 19.4 Å². The largest absolute Gasteiger partial charge is 0.481 e. The van der Waals surface area contributed by atoms with Crippen LogP contribution in [0.1, 0.15) is 31.7 Å². The van der Waals surface area contributed by atoms with Crippen LogP contribution in [0.25, 0.3) is 0 Å². The number of hydrogen-bond donors (Lipinski definition) is 1. The number of benzene rings is 1. The Balaban J connectivity index is 3.09. The molecule has 3 nitrogen and oxygen atoms in total. The first-order chi connectivity index (χ1) is 7.50. The Hall–Kier alpha value is -1.64. The van der Waals surface area contributed by atoms with Crippen molar-refractivity contribution in [3.63, 3.8) is 0 Å². The summed E-state index contributed by atoms with van der Waals surface area (Å²) in [4.78, 5) is 21.9. The molecule has 0 aliphatic rings. The average Bonchev–Trinajstić information content (AvgIpc) is 2.26. The fourth-order valence-corrected chi connectivity index (χ4v) is 1.78. The SMILES string of the molecule is CC(C)(C(=O)O)C(CC=O)c1ccccc1. The van der Waals surface area contributed by atoms with Crippen LogP contribution in [0.15, 0.2) is 30.3 Å². The van der Waals surface area contributed by atoms with Gasteiger partial charge in [0.2, 0.25) is 0 Å². The molecule has 0 heterocycles. The van der Waals surface area contributed by atoms with E-state index in [2.05, 4.69) is 0 Å². The lowest BCUT2D eigenvalue weighted by atomic mass is 9.73. The predicted molar refractivity (Wildman–Crippen MR) is 61.3 cm³/mol. The van der Waals surface area contributed by atoms with Gasteiger partial charge >= 0.3 is 5.97 Å². The van der Waals surface area contributed by atoms with Gasteiger partial charge in [0, 0.05) is 12.3 Å². The topological polar surface area (TPSA) is 54.4 Å². The Morgan fingerprint density at radius 2 is 1.94 bits per heavy atom. The van der Waals surface area contributed by atoms with Crippen molar-refractivity contribution in [2.24, 2.45) is 5.41 Å². The zero-order valence-corrected chi connectivity index (χ0v) is 9.51. The monoisotopic (exact) mass is 220 g/mol. The van der Waals surface area contributed by atoms with Gasteiger partial charge in [-0.3, -0.25) is 4.79 Å². The highest BCUT2D eigenvalue weighted by Crippen LogP contribution is 2.37. The zero-order valence-electron chi connectivity index (χ0n) is 9.51. The van der Waals surface area contributed by atoms with Gasteiger partial charge in [-0.25, -0.2) is 0 Å². The highest BCUT2D eigenvalue weighted by Gasteiger charge is 2.37. The molecule has 16 heavy (non-hydrogen) atoms. The first kappa shape index (κ1) is 12.4. The van der Waals surface area contributed by atoms with Crippen LogP contribution in [-0.2, 0) is 9.59 Å². The van der Waals surface area contributed by atoms with Crippen molar-refractivity contribution in [1.82, 2.24) is 0 Å². The predicted octanol–water partition coefficient (Wildman–Crippen LogP) is 2.47. The number of aliphatic carboxylic acids is 1. The summed E-state index contributed by atoms with van der Waals surface area (Å²) in [6, 6.07) is 9.29. The van der Waals surface area contributed by atoms with Gasteiger partial charge in [0.15, 0.2) is 0 Å². The van der Waals surface area contributed by atoms with E-state index in [1.54, 1.807) is 13.8 Å². The lowest BCUT2D eigenvalue weighted by Crippen LogP contribution is -2.31. The Morgan fingerprint density at radius 1 is 1.38 bits per heavy atom. The summed E-state index contributed by atoms with van der Waals surface area (Å²) >= 11 is 0. The van der Waals surface area contributed by atoms with Gasteiger partial charge in [0.1, 0.15) is 6.29 Å². The molecule has 1 aromatic carbocycles. The van der Waals surface area contributed by atoms with Crippen LogP contribution in [0.3, 0.4) is 0 Å². The van der Waals surface area contributed by atoms with Crippen molar-refractivity contribution >= 4 is 12.3 Å². The summed E-state index contributed by atoms with van der Waals surface area (Å²) in [6.07, 6.45) is 1.01. The maximum atomic E-state index is 11.2. The third-order valence-corrected chi connectivity index (χ3v) is 2.96. The summed E-state index contributed by atoms with van der Waals surface area (Å²) in [5.74, 6) is -1.17. The highest BCUT2D eigenvalue weighted by molar-refractivity contribution is 5.76. The molecule has 0 fully saturated rings. The summed E-state index contributed by atoms with van der Waals surface area (Å²) in [6.45, 7) is 3.30. The smallest absolute Gasteiger partial charge is 0.309 e. The lowest BCUT2D eigenvalue weighted by molar-refractivity contribution is -0.148. The number of rotatable bonds is 5.